The summed E-state index contributed by atoms with van der Waals surface area (Å²) in [5, 5.41) is 3.37. The van der Waals surface area contributed by atoms with Crippen molar-refractivity contribution in [2.45, 2.75) is 12.5 Å². The molecule has 0 heterocycles. The van der Waals surface area contributed by atoms with Crippen LogP contribution in [0.25, 0.3) is 0 Å². The fraction of sp³-hybridized carbons (Fsp3) is 0.500. The Morgan fingerprint density at radius 3 is 2.50 bits per heavy atom. The molecule has 20 heavy (non-hydrogen) atoms. The summed E-state index contributed by atoms with van der Waals surface area (Å²) in [4.78, 5) is 11.7. The smallest absolute Gasteiger partial charge is 0.258 e. The number of rotatable bonds is 8. The van der Waals surface area contributed by atoms with Gasteiger partial charge in [-0.3, -0.25) is 4.79 Å². The van der Waals surface area contributed by atoms with E-state index in [0.29, 0.717) is 23.9 Å². The zero-order valence-electron chi connectivity index (χ0n) is 11.9. The van der Waals surface area contributed by atoms with Crippen LogP contribution in [-0.2, 0) is 14.3 Å². The average molecular weight is 302 g/mol. The van der Waals surface area contributed by atoms with Gasteiger partial charge in [-0.25, -0.2) is 0 Å². The molecule has 0 aromatic heterocycles. The SMILES string of the molecule is COCC(C)(CNC(=O)COc1ccc(Cl)cc1)OC. The molecule has 0 aliphatic rings. The van der Waals surface area contributed by atoms with E-state index in [1.165, 1.54) is 0 Å². The summed E-state index contributed by atoms with van der Waals surface area (Å²) < 4.78 is 15.7. The number of carbonyl (C=O) groups is 1. The second-order valence-electron chi connectivity index (χ2n) is 4.61. The normalized spacial score (nSPS) is 13.6. The van der Waals surface area contributed by atoms with Gasteiger partial charge in [0, 0.05) is 25.8 Å². The van der Waals surface area contributed by atoms with Crippen LogP contribution in [0.15, 0.2) is 24.3 Å². The molecule has 5 nitrogen and oxygen atoms in total. The lowest BCUT2D eigenvalue weighted by molar-refractivity contribution is -0.125. The highest BCUT2D eigenvalue weighted by Gasteiger charge is 2.24. The standard InChI is InChI=1S/C14H20ClNO4/c1-14(19-3,10-18-2)9-16-13(17)8-20-12-6-4-11(15)5-7-12/h4-7H,8-10H2,1-3H3,(H,16,17). The fourth-order valence-corrected chi connectivity index (χ4v) is 1.63. The summed E-state index contributed by atoms with van der Waals surface area (Å²) in [5.41, 5.74) is -0.551. The molecule has 1 N–H and O–H groups in total. The number of halogens is 1. The Hall–Kier alpha value is -1.30. The molecule has 0 aliphatic carbocycles. The second-order valence-corrected chi connectivity index (χ2v) is 5.04. The highest BCUT2D eigenvalue weighted by molar-refractivity contribution is 6.30. The molecule has 1 atom stereocenters. The van der Waals surface area contributed by atoms with Gasteiger partial charge in [0.2, 0.25) is 0 Å². The van der Waals surface area contributed by atoms with Crippen molar-refractivity contribution in [3.8, 4) is 5.75 Å². The Bertz CT molecular complexity index is 424. The maximum atomic E-state index is 11.7. The number of carbonyl (C=O) groups excluding carboxylic acids is 1. The molecule has 1 aromatic rings. The summed E-state index contributed by atoms with van der Waals surface area (Å²) >= 11 is 5.76. The van der Waals surface area contributed by atoms with Crippen molar-refractivity contribution < 1.29 is 19.0 Å². The summed E-state index contributed by atoms with van der Waals surface area (Å²) in [6, 6.07) is 6.82. The van der Waals surface area contributed by atoms with Gasteiger partial charge < -0.3 is 19.5 Å². The van der Waals surface area contributed by atoms with Gasteiger partial charge in [0.1, 0.15) is 11.4 Å². The highest BCUT2D eigenvalue weighted by atomic mass is 35.5. The Kier molecular flexibility index (Phi) is 6.78. The number of amides is 1. The van der Waals surface area contributed by atoms with Gasteiger partial charge >= 0.3 is 0 Å². The van der Waals surface area contributed by atoms with Crippen LogP contribution in [0.2, 0.25) is 5.02 Å². The molecule has 0 saturated carbocycles. The summed E-state index contributed by atoms with van der Waals surface area (Å²) in [6.07, 6.45) is 0. The zero-order chi connectivity index (χ0) is 15.0. The largest absolute Gasteiger partial charge is 0.484 e. The molecular weight excluding hydrogens is 282 g/mol. The lowest BCUT2D eigenvalue weighted by Crippen LogP contribution is -2.46. The summed E-state index contributed by atoms with van der Waals surface area (Å²) in [6.45, 7) is 2.53. The van der Waals surface area contributed by atoms with E-state index in [0.717, 1.165) is 0 Å². The van der Waals surface area contributed by atoms with Gasteiger partial charge in [0.15, 0.2) is 6.61 Å². The van der Waals surface area contributed by atoms with Crippen molar-refractivity contribution in [2.24, 2.45) is 0 Å². The van der Waals surface area contributed by atoms with E-state index >= 15 is 0 Å². The van der Waals surface area contributed by atoms with E-state index < -0.39 is 5.60 Å². The first-order valence-corrected chi connectivity index (χ1v) is 6.56. The molecule has 1 amide bonds. The van der Waals surface area contributed by atoms with Gasteiger partial charge in [0.05, 0.1) is 6.61 Å². The molecular formula is C14H20ClNO4. The molecule has 1 aromatic carbocycles. The van der Waals surface area contributed by atoms with Crippen molar-refractivity contribution in [2.75, 3.05) is 34.0 Å². The van der Waals surface area contributed by atoms with Gasteiger partial charge in [-0.15, -0.1) is 0 Å². The number of benzene rings is 1. The number of nitrogens with one attached hydrogen (secondary N) is 1. The number of ether oxygens (including phenoxy) is 3. The van der Waals surface area contributed by atoms with E-state index in [1.807, 2.05) is 6.92 Å². The molecule has 0 spiro atoms. The minimum Gasteiger partial charge on any atom is -0.484 e. The van der Waals surface area contributed by atoms with Gasteiger partial charge in [-0.1, -0.05) is 11.6 Å². The Morgan fingerprint density at radius 1 is 1.30 bits per heavy atom. The average Bonchev–Trinajstić information content (AvgIpc) is 2.45. The molecule has 1 unspecified atom stereocenters. The van der Waals surface area contributed by atoms with Crippen molar-refractivity contribution in [3.63, 3.8) is 0 Å². The third-order valence-corrected chi connectivity index (χ3v) is 3.04. The van der Waals surface area contributed by atoms with Crippen molar-refractivity contribution in [3.05, 3.63) is 29.3 Å². The fourth-order valence-electron chi connectivity index (χ4n) is 1.50. The first kappa shape index (κ1) is 16.8. The van der Waals surface area contributed by atoms with Crippen LogP contribution >= 0.6 is 11.6 Å². The van der Waals surface area contributed by atoms with Crippen LogP contribution in [0.1, 0.15) is 6.92 Å². The van der Waals surface area contributed by atoms with Crippen molar-refractivity contribution in [1.82, 2.24) is 5.32 Å². The monoisotopic (exact) mass is 301 g/mol. The summed E-state index contributed by atoms with van der Waals surface area (Å²) in [7, 11) is 3.16. The topological polar surface area (TPSA) is 56.8 Å². The van der Waals surface area contributed by atoms with Gasteiger partial charge in [-0.05, 0) is 31.2 Å². The Morgan fingerprint density at radius 2 is 1.95 bits per heavy atom. The number of hydrogen-bond donors (Lipinski definition) is 1. The molecule has 1 rings (SSSR count). The van der Waals surface area contributed by atoms with E-state index in [2.05, 4.69) is 5.32 Å². The maximum Gasteiger partial charge on any atom is 0.258 e. The predicted molar refractivity (Wildman–Crippen MR) is 77.2 cm³/mol. The van der Waals surface area contributed by atoms with E-state index in [1.54, 1.807) is 38.5 Å². The third-order valence-electron chi connectivity index (χ3n) is 2.79. The Labute approximate surface area is 124 Å². The van der Waals surface area contributed by atoms with Crippen molar-refractivity contribution in [1.29, 1.82) is 0 Å². The lowest BCUT2D eigenvalue weighted by atomic mass is 10.1. The first-order chi connectivity index (χ1) is 9.49. The van der Waals surface area contributed by atoms with Crippen LogP contribution in [0.3, 0.4) is 0 Å². The lowest BCUT2D eigenvalue weighted by Gasteiger charge is -2.27. The molecule has 112 valence electrons. The van der Waals surface area contributed by atoms with Crippen LogP contribution in [0, 0.1) is 0 Å². The molecule has 0 saturated heterocycles. The second kappa shape index (κ2) is 8.09. The van der Waals surface area contributed by atoms with E-state index in [-0.39, 0.29) is 12.5 Å². The van der Waals surface area contributed by atoms with Gasteiger partial charge in [0.25, 0.3) is 5.91 Å². The number of methoxy groups -OCH3 is 2. The van der Waals surface area contributed by atoms with Crippen LogP contribution < -0.4 is 10.1 Å². The molecule has 0 radical (unpaired) electrons. The predicted octanol–water partition coefficient (Wildman–Crippen LogP) is 1.89. The van der Waals surface area contributed by atoms with Crippen molar-refractivity contribution >= 4 is 17.5 Å². The first-order valence-electron chi connectivity index (χ1n) is 6.18. The minimum atomic E-state index is -0.551. The number of hydrogen-bond acceptors (Lipinski definition) is 4. The summed E-state index contributed by atoms with van der Waals surface area (Å²) in [5.74, 6) is 0.371. The highest BCUT2D eigenvalue weighted by Crippen LogP contribution is 2.15. The molecule has 0 fully saturated rings. The van der Waals surface area contributed by atoms with E-state index in [9.17, 15) is 4.79 Å². The van der Waals surface area contributed by atoms with Crippen LogP contribution in [-0.4, -0.2) is 45.5 Å². The Balaban J connectivity index is 2.35. The van der Waals surface area contributed by atoms with E-state index in [4.69, 9.17) is 25.8 Å². The quantitative estimate of drug-likeness (QED) is 0.796. The van der Waals surface area contributed by atoms with Gasteiger partial charge in [-0.2, -0.15) is 0 Å². The maximum absolute atomic E-state index is 11.7. The van der Waals surface area contributed by atoms with Crippen LogP contribution in [0.5, 0.6) is 5.75 Å². The van der Waals surface area contributed by atoms with Crippen LogP contribution in [0.4, 0.5) is 0 Å². The molecule has 6 heteroatoms. The molecule has 0 aliphatic heterocycles. The minimum absolute atomic E-state index is 0.0611. The zero-order valence-corrected chi connectivity index (χ0v) is 12.7. The molecule has 0 bridgehead atoms. The third kappa shape index (κ3) is 5.77.